The summed E-state index contributed by atoms with van der Waals surface area (Å²) in [6, 6.07) is -0.793. The summed E-state index contributed by atoms with van der Waals surface area (Å²) in [5.74, 6) is -1.70. The van der Waals surface area contributed by atoms with Crippen LogP contribution in [-0.2, 0) is 9.59 Å². The number of likely N-dealkylation sites (tertiary alicyclic amines) is 1. The van der Waals surface area contributed by atoms with Crippen molar-refractivity contribution in [3.8, 4) is 0 Å². The molecule has 0 aliphatic carbocycles. The summed E-state index contributed by atoms with van der Waals surface area (Å²) in [4.78, 5) is 39.6. The molecule has 20 heavy (non-hydrogen) atoms. The molecule has 6 heteroatoms. The van der Waals surface area contributed by atoms with Crippen LogP contribution in [0.5, 0.6) is 0 Å². The van der Waals surface area contributed by atoms with Gasteiger partial charge < -0.3 is 4.90 Å². The van der Waals surface area contributed by atoms with Gasteiger partial charge in [0, 0.05) is 6.54 Å². The Bertz CT molecular complexity index is 416. The topological polar surface area (TPSA) is 69.7 Å². The van der Waals surface area contributed by atoms with Gasteiger partial charge in [-0.05, 0) is 38.8 Å². The Balaban J connectivity index is 2.09. The van der Waals surface area contributed by atoms with Gasteiger partial charge in [-0.25, -0.2) is 4.79 Å². The first-order valence-electron chi connectivity index (χ1n) is 7.32. The molecular weight excluding hydrogens is 258 g/mol. The monoisotopic (exact) mass is 281 g/mol. The maximum atomic E-state index is 12.4. The molecule has 112 valence electrons. The molecule has 2 heterocycles. The predicted octanol–water partition coefficient (Wildman–Crippen LogP) is 0.821. The van der Waals surface area contributed by atoms with E-state index in [0.29, 0.717) is 6.54 Å². The number of imide groups is 2. The van der Waals surface area contributed by atoms with Crippen LogP contribution in [0.25, 0.3) is 0 Å². The normalized spacial score (nSPS) is 26.3. The summed E-state index contributed by atoms with van der Waals surface area (Å²) in [5.41, 5.74) is 0. The third-order valence-corrected chi connectivity index (χ3v) is 4.06. The van der Waals surface area contributed by atoms with Gasteiger partial charge in [-0.3, -0.25) is 19.8 Å². The van der Waals surface area contributed by atoms with E-state index in [2.05, 4.69) is 10.2 Å². The molecule has 6 nitrogen and oxygen atoms in total. The van der Waals surface area contributed by atoms with E-state index in [0.717, 1.165) is 13.1 Å². The number of nitrogens with zero attached hydrogens (tertiary/aromatic N) is 2. The van der Waals surface area contributed by atoms with Gasteiger partial charge in [0.25, 0.3) is 0 Å². The third kappa shape index (κ3) is 2.85. The molecule has 2 aliphatic heterocycles. The Morgan fingerprint density at radius 1 is 1.15 bits per heavy atom. The van der Waals surface area contributed by atoms with E-state index in [1.54, 1.807) is 0 Å². The second kappa shape index (κ2) is 5.91. The highest BCUT2D eigenvalue weighted by atomic mass is 16.2. The van der Waals surface area contributed by atoms with E-state index >= 15 is 0 Å². The summed E-state index contributed by atoms with van der Waals surface area (Å²) in [6.07, 6.45) is 2.33. The molecule has 0 bridgehead atoms. The van der Waals surface area contributed by atoms with E-state index in [4.69, 9.17) is 0 Å². The van der Waals surface area contributed by atoms with Gasteiger partial charge in [0.2, 0.25) is 11.8 Å². The molecule has 2 saturated heterocycles. The number of barbiturate groups is 1. The Labute approximate surface area is 119 Å². The minimum absolute atomic E-state index is 0.114. The SMILES string of the molecule is CC(C)C1C(=O)NC(=O)N(C(C)CN2CCCC2)C1=O. The van der Waals surface area contributed by atoms with Crippen molar-refractivity contribution in [3.63, 3.8) is 0 Å². The number of carbonyl (C=O) groups is 3. The van der Waals surface area contributed by atoms with Crippen molar-refractivity contribution in [2.24, 2.45) is 11.8 Å². The molecule has 1 N–H and O–H groups in total. The van der Waals surface area contributed by atoms with Gasteiger partial charge in [-0.15, -0.1) is 0 Å². The first-order chi connectivity index (χ1) is 9.41. The van der Waals surface area contributed by atoms with Crippen LogP contribution < -0.4 is 5.32 Å². The molecule has 2 rings (SSSR count). The lowest BCUT2D eigenvalue weighted by Gasteiger charge is -2.36. The van der Waals surface area contributed by atoms with E-state index in [1.807, 2.05) is 20.8 Å². The van der Waals surface area contributed by atoms with Crippen molar-refractivity contribution in [3.05, 3.63) is 0 Å². The number of rotatable bonds is 4. The fourth-order valence-corrected chi connectivity index (χ4v) is 3.03. The molecular formula is C14H23N3O3. The first-order valence-corrected chi connectivity index (χ1v) is 7.32. The highest BCUT2D eigenvalue weighted by Crippen LogP contribution is 2.21. The van der Waals surface area contributed by atoms with Gasteiger partial charge in [-0.2, -0.15) is 0 Å². The minimum atomic E-state index is -0.756. The summed E-state index contributed by atoms with van der Waals surface area (Å²) < 4.78 is 0. The van der Waals surface area contributed by atoms with E-state index in [9.17, 15) is 14.4 Å². The largest absolute Gasteiger partial charge is 0.331 e. The Hall–Kier alpha value is -1.43. The van der Waals surface area contributed by atoms with Crippen molar-refractivity contribution >= 4 is 17.8 Å². The van der Waals surface area contributed by atoms with Gasteiger partial charge in [0.1, 0.15) is 5.92 Å². The summed E-state index contributed by atoms with van der Waals surface area (Å²) in [7, 11) is 0. The third-order valence-electron chi connectivity index (χ3n) is 4.06. The van der Waals surface area contributed by atoms with Crippen molar-refractivity contribution in [2.45, 2.75) is 39.7 Å². The van der Waals surface area contributed by atoms with Gasteiger partial charge in [-0.1, -0.05) is 13.8 Å². The van der Waals surface area contributed by atoms with Crippen LogP contribution in [0.1, 0.15) is 33.6 Å². The van der Waals surface area contributed by atoms with Crippen LogP contribution in [0.3, 0.4) is 0 Å². The highest BCUT2D eigenvalue weighted by Gasteiger charge is 2.44. The maximum absolute atomic E-state index is 12.4. The van der Waals surface area contributed by atoms with Gasteiger partial charge >= 0.3 is 6.03 Å². The zero-order valence-corrected chi connectivity index (χ0v) is 12.4. The van der Waals surface area contributed by atoms with E-state index in [1.165, 1.54) is 17.7 Å². The molecule has 0 spiro atoms. The average molecular weight is 281 g/mol. The fourth-order valence-electron chi connectivity index (χ4n) is 3.03. The average Bonchev–Trinajstić information content (AvgIpc) is 2.79. The van der Waals surface area contributed by atoms with Crippen molar-refractivity contribution in [1.29, 1.82) is 0 Å². The summed E-state index contributed by atoms with van der Waals surface area (Å²) in [5, 5.41) is 2.31. The molecule has 0 aromatic heterocycles. The molecule has 2 aliphatic rings. The Morgan fingerprint density at radius 3 is 2.30 bits per heavy atom. The van der Waals surface area contributed by atoms with E-state index < -0.39 is 17.9 Å². The highest BCUT2D eigenvalue weighted by molar-refractivity contribution is 6.16. The number of urea groups is 1. The van der Waals surface area contributed by atoms with Crippen LogP contribution in [0.15, 0.2) is 0 Å². The lowest BCUT2D eigenvalue weighted by molar-refractivity contribution is -0.145. The summed E-state index contributed by atoms with van der Waals surface area (Å²) in [6.45, 7) is 8.21. The molecule has 2 fully saturated rings. The predicted molar refractivity (Wildman–Crippen MR) is 73.8 cm³/mol. The van der Waals surface area contributed by atoms with Gasteiger partial charge in [0.05, 0.1) is 6.04 Å². The van der Waals surface area contributed by atoms with Crippen LogP contribution in [0.2, 0.25) is 0 Å². The van der Waals surface area contributed by atoms with Crippen molar-refractivity contribution in [2.75, 3.05) is 19.6 Å². The molecule has 0 aromatic rings. The lowest BCUT2D eigenvalue weighted by Crippen LogP contribution is -2.62. The molecule has 0 saturated carbocycles. The fraction of sp³-hybridized carbons (Fsp3) is 0.786. The number of hydrogen-bond donors (Lipinski definition) is 1. The lowest BCUT2D eigenvalue weighted by atomic mass is 9.91. The zero-order valence-electron chi connectivity index (χ0n) is 12.4. The quantitative estimate of drug-likeness (QED) is 0.775. The molecule has 0 aromatic carbocycles. The first kappa shape index (κ1) is 15.0. The number of nitrogens with one attached hydrogen (secondary N) is 1. The molecule has 4 amide bonds. The van der Waals surface area contributed by atoms with Crippen LogP contribution >= 0.6 is 0 Å². The van der Waals surface area contributed by atoms with Crippen LogP contribution in [0.4, 0.5) is 4.79 Å². The van der Waals surface area contributed by atoms with Crippen LogP contribution in [0, 0.1) is 11.8 Å². The summed E-state index contributed by atoms with van der Waals surface area (Å²) >= 11 is 0. The minimum Gasteiger partial charge on any atom is -0.301 e. The van der Waals surface area contributed by atoms with Crippen molar-refractivity contribution < 1.29 is 14.4 Å². The zero-order chi connectivity index (χ0) is 14.9. The molecule has 2 atom stereocenters. The van der Waals surface area contributed by atoms with Gasteiger partial charge in [0.15, 0.2) is 0 Å². The van der Waals surface area contributed by atoms with E-state index in [-0.39, 0.29) is 17.9 Å². The second-order valence-corrected chi connectivity index (χ2v) is 6.08. The molecule has 2 unspecified atom stereocenters. The number of amides is 4. The second-order valence-electron chi connectivity index (χ2n) is 6.08. The Morgan fingerprint density at radius 2 is 1.75 bits per heavy atom. The molecule has 0 radical (unpaired) electrons. The van der Waals surface area contributed by atoms with Crippen LogP contribution in [-0.4, -0.2) is 53.3 Å². The number of carbonyl (C=O) groups excluding carboxylic acids is 3. The standard InChI is InChI=1S/C14H23N3O3/c1-9(2)11-12(18)15-14(20)17(13(11)19)10(3)8-16-6-4-5-7-16/h9-11H,4-8H2,1-3H3,(H,15,18,20). The van der Waals surface area contributed by atoms with Crippen molar-refractivity contribution in [1.82, 2.24) is 15.1 Å². The smallest absolute Gasteiger partial charge is 0.301 e. The maximum Gasteiger partial charge on any atom is 0.331 e. The Kier molecular flexibility index (Phi) is 4.42. The number of hydrogen-bond acceptors (Lipinski definition) is 4.